The molecule has 3 nitrogen and oxygen atoms in total. The first-order chi connectivity index (χ1) is 6.70. The van der Waals surface area contributed by atoms with Crippen LogP contribution in [-0.2, 0) is 9.53 Å². The van der Waals surface area contributed by atoms with Crippen molar-refractivity contribution in [1.82, 2.24) is 5.32 Å². The second kappa shape index (κ2) is 6.61. The van der Waals surface area contributed by atoms with E-state index < -0.39 is 0 Å². The molecule has 0 spiro atoms. The van der Waals surface area contributed by atoms with Crippen LogP contribution in [0.4, 0.5) is 0 Å². The molecule has 1 N–H and O–H groups in total. The largest absolute Gasteiger partial charge is 0.465 e. The molecule has 1 atom stereocenters. The van der Waals surface area contributed by atoms with Gasteiger partial charge in [0, 0.05) is 0 Å². The lowest BCUT2D eigenvalue weighted by Gasteiger charge is -2.22. The number of ether oxygens (including phenoxy) is 1. The van der Waals surface area contributed by atoms with Crippen molar-refractivity contribution in [2.24, 2.45) is 5.92 Å². The molecule has 1 heterocycles. The topological polar surface area (TPSA) is 38.3 Å². The lowest BCUT2D eigenvalue weighted by molar-refractivity contribution is -0.142. The Labute approximate surface area is 99.1 Å². The standard InChI is InChI=1S/C10H18INO2/c1-8(11)10(13)14-7-4-9-2-5-12-6-3-9/h8-9,12H,2-7H2,1H3. The molecule has 1 unspecified atom stereocenters. The molecular formula is C10H18INO2. The summed E-state index contributed by atoms with van der Waals surface area (Å²) in [5.74, 6) is 0.660. The van der Waals surface area contributed by atoms with Gasteiger partial charge in [0.15, 0.2) is 0 Å². The fraction of sp³-hybridized carbons (Fsp3) is 0.900. The van der Waals surface area contributed by atoms with E-state index >= 15 is 0 Å². The van der Waals surface area contributed by atoms with E-state index in [-0.39, 0.29) is 9.89 Å². The number of nitrogens with one attached hydrogen (secondary N) is 1. The van der Waals surface area contributed by atoms with Crippen molar-refractivity contribution < 1.29 is 9.53 Å². The van der Waals surface area contributed by atoms with Gasteiger partial charge in [-0.3, -0.25) is 4.79 Å². The number of esters is 1. The minimum atomic E-state index is -0.0838. The van der Waals surface area contributed by atoms with Gasteiger partial charge in [0.05, 0.1) is 6.61 Å². The van der Waals surface area contributed by atoms with Gasteiger partial charge in [-0.25, -0.2) is 0 Å². The van der Waals surface area contributed by atoms with Crippen LogP contribution in [0, 0.1) is 5.92 Å². The molecule has 0 aromatic rings. The van der Waals surface area contributed by atoms with Gasteiger partial charge in [-0.1, -0.05) is 22.6 Å². The highest BCUT2D eigenvalue weighted by Gasteiger charge is 2.14. The van der Waals surface area contributed by atoms with E-state index in [2.05, 4.69) is 27.9 Å². The maximum atomic E-state index is 11.1. The lowest BCUT2D eigenvalue weighted by atomic mass is 9.95. The third-order valence-corrected chi connectivity index (χ3v) is 3.06. The normalized spacial score (nSPS) is 20.4. The molecule has 0 bridgehead atoms. The third-order valence-electron chi connectivity index (χ3n) is 2.55. The van der Waals surface area contributed by atoms with Crippen LogP contribution in [-0.4, -0.2) is 29.6 Å². The molecule has 4 heteroatoms. The monoisotopic (exact) mass is 311 g/mol. The van der Waals surface area contributed by atoms with Gasteiger partial charge in [0.1, 0.15) is 3.92 Å². The van der Waals surface area contributed by atoms with E-state index in [0.717, 1.165) is 25.4 Å². The zero-order chi connectivity index (χ0) is 10.4. The maximum Gasteiger partial charge on any atom is 0.318 e. The predicted octanol–water partition coefficient (Wildman–Crippen LogP) is 1.74. The summed E-state index contributed by atoms with van der Waals surface area (Å²) < 4.78 is 5.11. The van der Waals surface area contributed by atoms with E-state index in [1.807, 2.05) is 6.92 Å². The van der Waals surface area contributed by atoms with Crippen molar-refractivity contribution in [3.63, 3.8) is 0 Å². The Kier molecular flexibility index (Phi) is 5.77. The van der Waals surface area contributed by atoms with E-state index in [1.165, 1.54) is 12.8 Å². The number of carbonyl (C=O) groups excluding carboxylic acids is 1. The van der Waals surface area contributed by atoms with Crippen LogP contribution in [0.3, 0.4) is 0 Å². The van der Waals surface area contributed by atoms with Crippen LogP contribution in [0.25, 0.3) is 0 Å². The zero-order valence-corrected chi connectivity index (χ0v) is 10.7. The second-order valence-corrected chi connectivity index (χ2v) is 5.63. The van der Waals surface area contributed by atoms with Gasteiger partial charge in [0.25, 0.3) is 0 Å². The Balaban J connectivity index is 2.05. The average Bonchev–Trinajstić information content (AvgIpc) is 2.19. The van der Waals surface area contributed by atoms with Crippen molar-refractivity contribution in [1.29, 1.82) is 0 Å². The Morgan fingerprint density at radius 3 is 2.79 bits per heavy atom. The summed E-state index contributed by atoms with van der Waals surface area (Å²) in [5.41, 5.74) is 0. The first-order valence-electron chi connectivity index (χ1n) is 5.21. The number of alkyl halides is 1. The number of hydrogen-bond acceptors (Lipinski definition) is 3. The van der Waals surface area contributed by atoms with Gasteiger partial charge >= 0.3 is 5.97 Å². The minimum absolute atomic E-state index is 0.0272. The number of piperidine rings is 1. The fourth-order valence-corrected chi connectivity index (χ4v) is 1.79. The van der Waals surface area contributed by atoms with Crippen LogP contribution in [0.5, 0.6) is 0 Å². The zero-order valence-electron chi connectivity index (χ0n) is 8.59. The summed E-state index contributed by atoms with van der Waals surface area (Å²) in [6.07, 6.45) is 3.46. The third kappa shape index (κ3) is 4.59. The molecule has 1 saturated heterocycles. The van der Waals surface area contributed by atoms with E-state index in [1.54, 1.807) is 0 Å². The molecule has 1 aliphatic heterocycles. The van der Waals surface area contributed by atoms with E-state index in [4.69, 9.17) is 4.74 Å². The minimum Gasteiger partial charge on any atom is -0.465 e. The number of rotatable bonds is 4. The molecule has 0 saturated carbocycles. The van der Waals surface area contributed by atoms with Gasteiger partial charge < -0.3 is 10.1 Å². The van der Waals surface area contributed by atoms with Gasteiger partial charge in [-0.05, 0) is 45.2 Å². The van der Waals surface area contributed by atoms with E-state index in [0.29, 0.717) is 6.61 Å². The lowest BCUT2D eigenvalue weighted by Crippen LogP contribution is -2.28. The highest BCUT2D eigenvalue weighted by Crippen LogP contribution is 2.15. The summed E-state index contributed by atoms with van der Waals surface area (Å²) in [6, 6.07) is 0. The molecule has 0 radical (unpaired) electrons. The summed E-state index contributed by atoms with van der Waals surface area (Å²) in [7, 11) is 0. The van der Waals surface area contributed by atoms with Crippen molar-refractivity contribution >= 4 is 28.6 Å². The second-order valence-electron chi connectivity index (χ2n) is 3.77. The predicted molar refractivity (Wildman–Crippen MR) is 64.7 cm³/mol. The van der Waals surface area contributed by atoms with Gasteiger partial charge in [-0.15, -0.1) is 0 Å². The van der Waals surface area contributed by atoms with Crippen LogP contribution in [0.15, 0.2) is 0 Å². The fourth-order valence-electron chi connectivity index (χ4n) is 1.61. The van der Waals surface area contributed by atoms with Crippen LogP contribution >= 0.6 is 22.6 Å². The molecule has 0 aromatic heterocycles. The van der Waals surface area contributed by atoms with Crippen molar-refractivity contribution in [2.45, 2.75) is 30.1 Å². The molecular weight excluding hydrogens is 293 g/mol. The first-order valence-corrected chi connectivity index (χ1v) is 6.46. The Bertz CT molecular complexity index is 179. The maximum absolute atomic E-state index is 11.1. The molecule has 0 aliphatic carbocycles. The average molecular weight is 311 g/mol. The summed E-state index contributed by atoms with van der Waals surface area (Å²) in [6.45, 7) is 4.67. The quantitative estimate of drug-likeness (QED) is 0.488. The molecule has 1 fully saturated rings. The Morgan fingerprint density at radius 1 is 1.57 bits per heavy atom. The van der Waals surface area contributed by atoms with Gasteiger partial charge in [-0.2, -0.15) is 0 Å². The number of halogens is 1. The van der Waals surface area contributed by atoms with Crippen LogP contribution < -0.4 is 5.32 Å². The van der Waals surface area contributed by atoms with Crippen molar-refractivity contribution in [2.75, 3.05) is 19.7 Å². The SMILES string of the molecule is CC(I)C(=O)OCCC1CCNCC1. The van der Waals surface area contributed by atoms with Crippen molar-refractivity contribution in [3.05, 3.63) is 0 Å². The Hall–Kier alpha value is 0.160. The van der Waals surface area contributed by atoms with Crippen molar-refractivity contribution in [3.8, 4) is 0 Å². The van der Waals surface area contributed by atoms with Gasteiger partial charge in [0.2, 0.25) is 0 Å². The molecule has 82 valence electrons. The first kappa shape index (κ1) is 12.2. The summed E-state index contributed by atoms with van der Waals surface area (Å²) in [5, 5.41) is 3.32. The van der Waals surface area contributed by atoms with Crippen LogP contribution in [0.2, 0.25) is 0 Å². The summed E-state index contributed by atoms with van der Waals surface area (Å²) >= 11 is 2.08. The summed E-state index contributed by atoms with van der Waals surface area (Å²) in [4.78, 5) is 11.1. The van der Waals surface area contributed by atoms with Crippen LogP contribution in [0.1, 0.15) is 26.2 Å². The molecule has 1 rings (SSSR count). The molecule has 0 amide bonds. The molecule has 14 heavy (non-hydrogen) atoms. The number of hydrogen-bond donors (Lipinski definition) is 1. The highest BCUT2D eigenvalue weighted by atomic mass is 127. The molecule has 0 aromatic carbocycles. The Morgan fingerprint density at radius 2 is 2.21 bits per heavy atom. The highest BCUT2D eigenvalue weighted by molar-refractivity contribution is 14.1. The smallest absolute Gasteiger partial charge is 0.318 e. The molecule has 1 aliphatic rings. The van der Waals surface area contributed by atoms with E-state index in [9.17, 15) is 4.79 Å². The number of carbonyl (C=O) groups is 1.